The lowest BCUT2D eigenvalue weighted by Crippen LogP contribution is -2.08. The molecule has 0 unspecified atom stereocenters. The van der Waals surface area contributed by atoms with E-state index in [2.05, 4.69) is 5.32 Å². The van der Waals surface area contributed by atoms with E-state index in [1.165, 1.54) is 13.2 Å². The quantitative estimate of drug-likeness (QED) is 0.505. The van der Waals surface area contributed by atoms with Gasteiger partial charge in [0.25, 0.3) is 0 Å². The third-order valence-electron chi connectivity index (χ3n) is 3.89. The molecule has 3 rings (SSSR count). The Hall–Kier alpha value is -2.89. The summed E-state index contributed by atoms with van der Waals surface area (Å²) in [5.41, 5.74) is 1.25. The van der Waals surface area contributed by atoms with Crippen molar-refractivity contribution in [1.82, 2.24) is 0 Å². The molecule has 5 nitrogen and oxygen atoms in total. The lowest BCUT2D eigenvalue weighted by molar-refractivity contribution is -0.111. The first-order chi connectivity index (χ1) is 13.5. The summed E-state index contributed by atoms with van der Waals surface area (Å²) < 4.78 is 16.1. The number of hydrogen-bond acceptors (Lipinski definition) is 4. The number of nitrogens with one attached hydrogen (secondary N) is 1. The summed E-state index contributed by atoms with van der Waals surface area (Å²) in [6, 6.07) is 13.8. The first-order valence-corrected chi connectivity index (χ1v) is 9.02. The Morgan fingerprint density at radius 2 is 1.86 bits per heavy atom. The number of rotatable bonds is 6. The van der Waals surface area contributed by atoms with Gasteiger partial charge in [-0.3, -0.25) is 4.79 Å². The van der Waals surface area contributed by atoms with Crippen LogP contribution in [0.2, 0.25) is 10.0 Å². The van der Waals surface area contributed by atoms with Crippen LogP contribution in [0.5, 0.6) is 11.5 Å². The van der Waals surface area contributed by atoms with Crippen molar-refractivity contribution >= 4 is 40.9 Å². The summed E-state index contributed by atoms with van der Waals surface area (Å²) >= 11 is 12.1. The van der Waals surface area contributed by atoms with E-state index in [1.54, 1.807) is 61.7 Å². The van der Waals surface area contributed by atoms with Gasteiger partial charge in [0, 0.05) is 22.7 Å². The predicted molar refractivity (Wildman–Crippen MR) is 111 cm³/mol. The number of halogens is 2. The fourth-order valence-electron chi connectivity index (χ4n) is 2.51. The van der Waals surface area contributed by atoms with Crippen LogP contribution < -0.4 is 14.8 Å². The minimum Gasteiger partial charge on any atom is -0.497 e. The van der Waals surface area contributed by atoms with Crippen molar-refractivity contribution in [2.45, 2.75) is 0 Å². The molecule has 0 bridgehead atoms. The highest BCUT2D eigenvalue weighted by molar-refractivity contribution is 6.36. The van der Waals surface area contributed by atoms with Gasteiger partial charge in [-0.05, 0) is 48.5 Å². The highest BCUT2D eigenvalue weighted by atomic mass is 35.5. The summed E-state index contributed by atoms with van der Waals surface area (Å²) in [5, 5.41) is 3.79. The molecule has 0 saturated carbocycles. The maximum absolute atomic E-state index is 12.2. The van der Waals surface area contributed by atoms with Crippen LogP contribution in [0.4, 0.5) is 5.69 Å². The maximum atomic E-state index is 12.2. The SMILES string of the molecule is COc1ccc(NC(=O)C=Cc2ccc(-c3ccc(Cl)cc3Cl)o2)c(OC)c1. The number of carbonyl (C=O) groups excluding carboxylic acids is 1. The number of hydrogen-bond donors (Lipinski definition) is 1. The predicted octanol–water partition coefficient (Wildman–Crippen LogP) is 5.92. The molecule has 0 aliphatic carbocycles. The molecule has 28 heavy (non-hydrogen) atoms. The monoisotopic (exact) mass is 417 g/mol. The minimum absolute atomic E-state index is 0.328. The number of furan rings is 1. The van der Waals surface area contributed by atoms with E-state index < -0.39 is 0 Å². The molecule has 0 radical (unpaired) electrons. The van der Waals surface area contributed by atoms with Gasteiger partial charge in [0.05, 0.1) is 24.9 Å². The van der Waals surface area contributed by atoms with Crippen LogP contribution in [0.15, 0.2) is 59.0 Å². The minimum atomic E-state index is -0.328. The Morgan fingerprint density at radius 3 is 2.57 bits per heavy atom. The van der Waals surface area contributed by atoms with E-state index in [4.69, 9.17) is 37.1 Å². The van der Waals surface area contributed by atoms with Crippen molar-refractivity contribution in [2.75, 3.05) is 19.5 Å². The molecule has 1 heterocycles. The Bertz CT molecular complexity index is 1030. The van der Waals surface area contributed by atoms with Gasteiger partial charge in [-0.15, -0.1) is 0 Å². The summed E-state index contributed by atoms with van der Waals surface area (Å²) in [5.74, 6) is 1.90. The van der Waals surface area contributed by atoms with Gasteiger partial charge in [-0.1, -0.05) is 23.2 Å². The molecule has 0 spiro atoms. The van der Waals surface area contributed by atoms with Gasteiger partial charge in [-0.25, -0.2) is 0 Å². The molecule has 0 aliphatic heterocycles. The van der Waals surface area contributed by atoms with Gasteiger partial charge in [0.15, 0.2) is 0 Å². The normalized spacial score (nSPS) is 10.9. The van der Waals surface area contributed by atoms with Gasteiger partial charge in [-0.2, -0.15) is 0 Å². The van der Waals surface area contributed by atoms with E-state index in [9.17, 15) is 4.79 Å². The number of amides is 1. The average Bonchev–Trinajstić information content (AvgIpc) is 3.15. The van der Waals surface area contributed by atoms with Crippen LogP contribution in [0.1, 0.15) is 5.76 Å². The van der Waals surface area contributed by atoms with Crippen molar-refractivity contribution in [1.29, 1.82) is 0 Å². The topological polar surface area (TPSA) is 60.7 Å². The first-order valence-electron chi connectivity index (χ1n) is 8.26. The molecule has 144 valence electrons. The molecule has 2 aromatic carbocycles. The summed E-state index contributed by atoms with van der Waals surface area (Å²) in [6.45, 7) is 0. The molecule has 3 aromatic rings. The zero-order chi connectivity index (χ0) is 20.1. The summed E-state index contributed by atoms with van der Waals surface area (Å²) in [7, 11) is 3.08. The Kier molecular flexibility index (Phi) is 6.29. The number of carbonyl (C=O) groups is 1. The molecular formula is C21H17Cl2NO4. The molecule has 1 aromatic heterocycles. The van der Waals surface area contributed by atoms with Crippen molar-refractivity contribution in [3.8, 4) is 22.8 Å². The van der Waals surface area contributed by atoms with E-state index in [0.717, 1.165) is 5.56 Å². The molecule has 0 aliphatic rings. The van der Waals surface area contributed by atoms with Gasteiger partial charge in [0.1, 0.15) is 23.0 Å². The maximum Gasteiger partial charge on any atom is 0.248 e. The summed E-state index contributed by atoms with van der Waals surface area (Å²) in [4.78, 5) is 12.2. The van der Waals surface area contributed by atoms with Crippen LogP contribution in [-0.4, -0.2) is 20.1 Å². The first kappa shape index (κ1) is 19.9. The zero-order valence-electron chi connectivity index (χ0n) is 15.2. The van der Waals surface area contributed by atoms with E-state index >= 15 is 0 Å². The molecule has 7 heteroatoms. The van der Waals surface area contributed by atoms with Gasteiger partial charge >= 0.3 is 0 Å². The third kappa shape index (κ3) is 4.68. The lowest BCUT2D eigenvalue weighted by atomic mass is 10.2. The van der Waals surface area contributed by atoms with E-state index in [0.29, 0.717) is 38.8 Å². The number of methoxy groups -OCH3 is 2. The van der Waals surface area contributed by atoms with Crippen LogP contribution >= 0.6 is 23.2 Å². The fourth-order valence-corrected chi connectivity index (χ4v) is 3.01. The average molecular weight is 418 g/mol. The van der Waals surface area contributed by atoms with Gasteiger partial charge in [0.2, 0.25) is 5.91 Å². The molecular weight excluding hydrogens is 401 g/mol. The van der Waals surface area contributed by atoms with Crippen LogP contribution in [0.3, 0.4) is 0 Å². The van der Waals surface area contributed by atoms with Crippen LogP contribution in [0, 0.1) is 0 Å². The fraction of sp³-hybridized carbons (Fsp3) is 0.0952. The number of benzene rings is 2. The number of ether oxygens (including phenoxy) is 2. The standard InChI is InChI=1S/C21H17Cl2NO4/c1-26-15-4-8-18(20(12-15)27-2)24-21(25)10-6-14-5-9-19(28-14)16-7-3-13(22)11-17(16)23/h3-12H,1-2H3,(H,24,25). The van der Waals surface area contributed by atoms with Crippen LogP contribution in [0.25, 0.3) is 17.4 Å². The third-order valence-corrected chi connectivity index (χ3v) is 4.44. The molecule has 1 N–H and O–H groups in total. The lowest BCUT2D eigenvalue weighted by Gasteiger charge is -2.10. The van der Waals surface area contributed by atoms with Crippen molar-refractivity contribution in [3.63, 3.8) is 0 Å². The molecule has 0 atom stereocenters. The largest absolute Gasteiger partial charge is 0.497 e. The molecule has 1 amide bonds. The second-order valence-electron chi connectivity index (χ2n) is 5.71. The second-order valence-corrected chi connectivity index (χ2v) is 6.56. The van der Waals surface area contributed by atoms with Gasteiger partial charge < -0.3 is 19.2 Å². The summed E-state index contributed by atoms with van der Waals surface area (Å²) in [6.07, 6.45) is 2.94. The van der Waals surface area contributed by atoms with Crippen molar-refractivity contribution in [2.24, 2.45) is 0 Å². The zero-order valence-corrected chi connectivity index (χ0v) is 16.7. The Morgan fingerprint density at radius 1 is 1.04 bits per heavy atom. The van der Waals surface area contributed by atoms with Crippen molar-refractivity contribution in [3.05, 3.63) is 70.4 Å². The van der Waals surface area contributed by atoms with Crippen LogP contribution in [-0.2, 0) is 4.79 Å². The Balaban J connectivity index is 1.71. The second kappa shape index (κ2) is 8.87. The smallest absolute Gasteiger partial charge is 0.248 e. The number of anilines is 1. The molecule has 0 fully saturated rings. The molecule has 0 saturated heterocycles. The highest BCUT2D eigenvalue weighted by Crippen LogP contribution is 2.32. The van der Waals surface area contributed by atoms with E-state index in [1.807, 2.05) is 0 Å². The highest BCUT2D eigenvalue weighted by Gasteiger charge is 2.10. The van der Waals surface area contributed by atoms with E-state index in [-0.39, 0.29) is 5.91 Å². The Labute approximate surface area is 172 Å². The van der Waals surface area contributed by atoms with Crippen molar-refractivity contribution < 1.29 is 18.7 Å².